The van der Waals surface area contributed by atoms with E-state index >= 15 is 0 Å². The molecule has 1 amide bonds. The van der Waals surface area contributed by atoms with Gasteiger partial charge in [0.05, 0.1) is 12.8 Å². The lowest BCUT2D eigenvalue weighted by Gasteiger charge is -2.34. The van der Waals surface area contributed by atoms with Crippen LogP contribution in [0.15, 0.2) is 71.0 Å². The topological polar surface area (TPSA) is 108 Å². The highest BCUT2D eigenvalue weighted by Gasteiger charge is 2.24. The number of amides is 1. The van der Waals surface area contributed by atoms with Crippen molar-refractivity contribution in [3.05, 3.63) is 66.5 Å². The number of methoxy groups -OCH3 is 1. The Morgan fingerprint density at radius 2 is 2.11 bits per heavy atom. The SMILES string of the molecule is C#Cc1cccc(N=C2N=CNN(C=C)/C2=C(\C)CN2CCC(NC(=O)OCC=C)CC2)c1.COC=O. The quantitative estimate of drug-likeness (QED) is 0.317. The van der Waals surface area contributed by atoms with Gasteiger partial charge in [0, 0.05) is 37.4 Å². The predicted octanol–water partition coefficient (Wildman–Crippen LogP) is 3.13. The molecule has 0 saturated carbocycles. The van der Waals surface area contributed by atoms with Gasteiger partial charge in [0.15, 0.2) is 5.84 Å². The number of rotatable bonds is 8. The van der Waals surface area contributed by atoms with Crippen molar-refractivity contribution in [2.75, 3.05) is 33.4 Å². The standard InChI is InChI=1S/C25H30N6O2.C2H4O2/c1-5-15-33-25(32)29-21-11-13-30(14-12-21)17-19(4)23-24(26-18-27-31(23)7-3)28-22-10-8-9-20(6-2)16-22;1-4-2-3/h2,5,7-10,16,18,21H,1,3,11-15,17H2,4H3,(H,29,32)(H,26,27,28);2H,1H3/b23-19+;. The molecule has 2 aliphatic rings. The predicted molar refractivity (Wildman–Crippen MR) is 145 cm³/mol. The molecule has 1 aromatic carbocycles. The van der Waals surface area contributed by atoms with Gasteiger partial charge in [-0.2, -0.15) is 0 Å². The third-order valence-electron chi connectivity index (χ3n) is 5.47. The molecule has 196 valence electrons. The first-order valence-electron chi connectivity index (χ1n) is 11.7. The Morgan fingerprint density at radius 3 is 2.73 bits per heavy atom. The average Bonchev–Trinajstić information content (AvgIpc) is 2.93. The molecule has 10 heteroatoms. The number of nitrogens with one attached hydrogen (secondary N) is 2. The Kier molecular flexibility index (Phi) is 12.2. The average molecular weight is 507 g/mol. The van der Waals surface area contributed by atoms with Crippen LogP contribution < -0.4 is 10.7 Å². The maximum Gasteiger partial charge on any atom is 0.407 e. The summed E-state index contributed by atoms with van der Waals surface area (Å²) in [6.07, 6.45) is 11.7. The minimum Gasteiger partial charge on any atom is -0.471 e. The van der Waals surface area contributed by atoms with E-state index in [4.69, 9.17) is 20.9 Å². The van der Waals surface area contributed by atoms with Gasteiger partial charge in [-0.3, -0.25) is 20.1 Å². The van der Waals surface area contributed by atoms with Crippen molar-refractivity contribution in [1.82, 2.24) is 20.7 Å². The van der Waals surface area contributed by atoms with Crippen molar-refractivity contribution < 1.29 is 19.1 Å². The number of piperidine rings is 1. The summed E-state index contributed by atoms with van der Waals surface area (Å²) in [6, 6.07) is 7.61. The van der Waals surface area contributed by atoms with Crippen molar-refractivity contribution in [2.24, 2.45) is 9.98 Å². The molecule has 0 unspecified atom stereocenters. The zero-order chi connectivity index (χ0) is 27.0. The number of benzene rings is 1. The van der Waals surface area contributed by atoms with Gasteiger partial charge in [-0.1, -0.05) is 31.2 Å². The Morgan fingerprint density at radius 1 is 1.38 bits per heavy atom. The van der Waals surface area contributed by atoms with Crippen molar-refractivity contribution in [3.63, 3.8) is 0 Å². The minimum atomic E-state index is -0.394. The van der Waals surface area contributed by atoms with Gasteiger partial charge in [-0.15, -0.1) is 6.42 Å². The summed E-state index contributed by atoms with van der Waals surface area (Å²) in [4.78, 5) is 32.3. The Bertz CT molecular complexity index is 1080. The van der Waals surface area contributed by atoms with Crippen LogP contribution in [0.4, 0.5) is 10.5 Å². The van der Waals surface area contributed by atoms with Crippen LogP contribution in [-0.2, 0) is 14.3 Å². The van der Waals surface area contributed by atoms with Crippen LogP contribution in [0.5, 0.6) is 0 Å². The number of likely N-dealkylation sites (tertiary alicyclic amines) is 1. The maximum atomic E-state index is 11.8. The number of carbonyl (C=O) groups is 2. The van der Waals surface area contributed by atoms with Gasteiger partial charge >= 0.3 is 6.09 Å². The highest BCUT2D eigenvalue weighted by Crippen LogP contribution is 2.22. The van der Waals surface area contributed by atoms with Crippen molar-refractivity contribution in [2.45, 2.75) is 25.8 Å². The number of alkyl carbamates (subject to hydrolysis) is 1. The third kappa shape index (κ3) is 9.31. The van der Waals surface area contributed by atoms with Gasteiger partial charge in [-0.05, 0) is 43.5 Å². The van der Waals surface area contributed by atoms with Crippen LogP contribution in [0.25, 0.3) is 0 Å². The van der Waals surface area contributed by atoms with E-state index in [0.29, 0.717) is 12.3 Å². The molecule has 3 rings (SSSR count). The fourth-order valence-corrected chi connectivity index (χ4v) is 3.78. The van der Waals surface area contributed by atoms with E-state index in [1.165, 1.54) is 7.11 Å². The van der Waals surface area contributed by atoms with Crippen LogP contribution in [0, 0.1) is 12.3 Å². The molecule has 1 saturated heterocycles. The van der Waals surface area contributed by atoms with E-state index in [0.717, 1.165) is 55.0 Å². The van der Waals surface area contributed by atoms with Crippen LogP contribution in [0.1, 0.15) is 25.3 Å². The van der Waals surface area contributed by atoms with E-state index < -0.39 is 6.09 Å². The number of ether oxygens (including phenoxy) is 2. The number of carbonyl (C=O) groups excluding carboxylic acids is 2. The second-order valence-electron chi connectivity index (χ2n) is 8.11. The molecule has 0 aliphatic carbocycles. The largest absolute Gasteiger partial charge is 0.471 e. The third-order valence-corrected chi connectivity index (χ3v) is 5.47. The summed E-state index contributed by atoms with van der Waals surface area (Å²) in [5.41, 5.74) is 6.55. The first-order chi connectivity index (χ1) is 17.9. The minimum absolute atomic E-state index is 0.109. The number of amidine groups is 1. The van der Waals surface area contributed by atoms with Gasteiger partial charge in [0.1, 0.15) is 18.6 Å². The molecule has 2 heterocycles. The van der Waals surface area contributed by atoms with Crippen molar-refractivity contribution >= 4 is 30.4 Å². The highest BCUT2D eigenvalue weighted by atomic mass is 16.5. The van der Waals surface area contributed by atoms with Crippen molar-refractivity contribution in [1.29, 1.82) is 0 Å². The Balaban J connectivity index is 0.00000112. The van der Waals surface area contributed by atoms with Gasteiger partial charge < -0.3 is 14.8 Å². The smallest absolute Gasteiger partial charge is 0.407 e. The second kappa shape index (κ2) is 15.6. The summed E-state index contributed by atoms with van der Waals surface area (Å²) in [5.74, 6) is 3.22. The number of hydrogen-bond acceptors (Lipinski definition) is 8. The maximum absolute atomic E-state index is 11.8. The molecule has 1 aromatic rings. The normalized spacial score (nSPS) is 17.9. The molecular formula is C27H34N6O4. The zero-order valence-electron chi connectivity index (χ0n) is 21.4. The lowest BCUT2D eigenvalue weighted by Crippen LogP contribution is -2.46. The Hall–Kier alpha value is -4.36. The number of nitrogens with zero attached hydrogens (tertiary/aromatic N) is 4. The number of aliphatic imine (C=N–C) groups is 2. The molecule has 0 aromatic heterocycles. The van der Waals surface area contributed by atoms with Crippen molar-refractivity contribution in [3.8, 4) is 12.3 Å². The second-order valence-corrected chi connectivity index (χ2v) is 8.11. The monoisotopic (exact) mass is 506 g/mol. The van der Waals surface area contributed by atoms with Gasteiger partial charge in [0.2, 0.25) is 0 Å². The molecule has 0 bridgehead atoms. The molecule has 10 nitrogen and oxygen atoms in total. The summed E-state index contributed by atoms with van der Waals surface area (Å²) in [7, 11) is 1.31. The van der Waals surface area contributed by atoms with E-state index in [1.807, 2.05) is 29.3 Å². The molecule has 0 spiro atoms. The molecule has 0 atom stereocenters. The van der Waals surface area contributed by atoms with Gasteiger partial charge in [0.25, 0.3) is 6.47 Å². The summed E-state index contributed by atoms with van der Waals surface area (Å²) in [6.45, 7) is 12.6. The molecule has 1 fully saturated rings. The fourth-order valence-electron chi connectivity index (χ4n) is 3.78. The molecular weight excluding hydrogens is 472 g/mol. The zero-order valence-corrected chi connectivity index (χ0v) is 21.4. The molecule has 2 aliphatic heterocycles. The molecule has 37 heavy (non-hydrogen) atoms. The van der Waals surface area contributed by atoms with Gasteiger partial charge in [-0.25, -0.2) is 14.8 Å². The first-order valence-corrected chi connectivity index (χ1v) is 11.7. The van der Waals surface area contributed by atoms with Crippen LogP contribution in [-0.4, -0.2) is 74.0 Å². The first kappa shape index (κ1) is 28.9. The Labute approximate surface area is 218 Å². The van der Waals surface area contributed by atoms with E-state index in [9.17, 15) is 4.79 Å². The number of hydrazine groups is 1. The van der Waals surface area contributed by atoms with E-state index in [1.54, 1.807) is 18.6 Å². The number of hydrogen-bond donors (Lipinski definition) is 2. The van der Waals surface area contributed by atoms with Crippen LogP contribution in [0.2, 0.25) is 0 Å². The fraction of sp³-hybridized carbons (Fsp3) is 0.333. The highest BCUT2D eigenvalue weighted by molar-refractivity contribution is 6.05. The summed E-state index contributed by atoms with van der Waals surface area (Å²) in [5, 5.41) is 4.73. The number of terminal acetylenes is 1. The van der Waals surface area contributed by atoms with E-state index in [-0.39, 0.29) is 12.6 Å². The molecule has 0 radical (unpaired) electrons. The van der Waals surface area contributed by atoms with E-state index in [2.05, 4.69) is 51.4 Å². The van der Waals surface area contributed by atoms with Crippen LogP contribution >= 0.6 is 0 Å². The molecule has 2 N–H and O–H groups in total. The lowest BCUT2D eigenvalue weighted by molar-refractivity contribution is -0.126. The lowest BCUT2D eigenvalue weighted by atomic mass is 10.0. The summed E-state index contributed by atoms with van der Waals surface area (Å²) < 4.78 is 8.88. The summed E-state index contributed by atoms with van der Waals surface area (Å²) >= 11 is 0. The van der Waals surface area contributed by atoms with Crippen LogP contribution in [0.3, 0.4) is 0 Å².